The first-order valence-electron chi connectivity index (χ1n) is 8.77. The molecule has 3 rings (SSSR count). The average Bonchev–Trinajstić information content (AvgIpc) is 3.04. The molecule has 0 N–H and O–H groups in total. The van der Waals surface area contributed by atoms with Gasteiger partial charge in [-0.2, -0.15) is 0 Å². The van der Waals surface area contributed by atoms with E-state index in [9.17, 15) is 0 Å². The molecular weight excluding hydrogens is 298 g/mol. The monoisotopic (exact) mass is 325 g/mol. The molecule has 3 heterocycles. The van der Waals surface area contributed by atoms with E-state index < -0.39 is 0 Å². The molecule has 2 aromatic rings. The van der Waals surface area contributed by atoms with Gasteiger partial charge in [0.05, 0.1) is 0 Å². The first kappa shape index (κ1) is 16.8. The van der Waals surface area contributed by atoms with Crippen molar-refractivity contribution in [1.29, 1.82) is 0 Å². The van der Waals surface area contributed by atoms with Gasteiger partial charge >= 0.3 is 0 Å². The lowest BCUT2D eigenvalue weighted by Crippen LogP contribution is -2.28. The topological polar surface area (TPSA) is 45.2 Å². The Labute approximate surface area is 144 Å². The second kappa shape index (κ2) is 7.71. The van der Waals surface area contributed by atoms with E-state index in [4.69, 9.17) is 4.98 Å². The molecule has 2 aromatic heterocycles. The normalized spacial score (nSPS) is 17.9. The smallest absolute Gasteiger partial charge is 0.133 e. The van der Waals surface area contributed by atoms with E-state index in [2.05, 4.69) is 46.7 Å². The highest BCUT2D eigenvalue weighted by molar-refractivity contribution is 5.39. The fraction of sp³-hybridized carbons (Fsp3) is 0.526. The van der Waals surface area contributed by atoms with E-state index in [0.717, 1.165) is 37.8 Å². The van der Waals surface area contributed by atoms with Crippen LogP contribution in [-0.2, 0) is 6.54 Å². The van der Waals surface area contributed by atoms with E-state index in [-0.39, 0.29) is 0 Å². The molecule has 5 heteroatoms. The maximum Gasteiger partial charge on any atom is 0.133 e. The predicted molar refractivity (Wildman–Crippen MR) is 97.0 cm³/mol. The summed E-state index contributed by atoms with van der Waals surface area (Å²) in [7, 11) is 2.19. The molecule has 0 unspecified atom stereocenters. The Morgan fingerprint density at radius 2 is 2.17 bits per heavy atom. The third kappa shape index (κ3) is 4.29. The summed E-state index contributed by atoms with van der Waals surface area (Å²) in [4.78, 5) is 18.1. The summed E-state index contributed by atoms with van der Waals surface area (Å²) in [5, 5.41) is 0. The summed E-state index contributed by atoms with van der Waals surface area (Å²) in [5.74, 6) is 3.06. The molecule has 0 bridgehead atoms. The summed E-state index contributed by atoms with van der Waals surface area (Å²) in [5.41, 5.74) is 1.27. The fourth-order valence-corrected chi connectivity index (χ4v) is 3.32. The van der Waals surface area contributed by atoms with Crippen LogP contribution in [0.1, 0.15) is 37.6 Å². The SMILES string of the molecule is CC(C)c1nccc(N2CC[C@@H](CN(C)Cc3cccnc3)C2)n1. The maximum atomic E-state index is 4.73. The lowest BCUT2D eigenvalue weighted by Gasteiger charge is -2.22. The lowest BCUT2D eigenvalue weighted by molar-refractivity contribution is 0.279. The Morgan fingerprint density at radius 1 is 1.29 bits per heavy atom. The maximum absolute atomic E-state index is 4.73. The highest BCUT2D eigenvalue weighted by Crippen LogP contribution is 2.24. The van der Waals surface area contributed by atoms with Gasteiger partial charge in [-0.15, -0.1) is 0 Å². The van der Waals surface area contributed by atoms with E-state index in [1.807, 2.05) is 30.7 Å². The van der Waals surface area contributed by atoms with Gasteiger partial charge in [0.25, 0.3) is 0 Å². The quantitative estimate of drug-likeness (QED) is 0.817. The molecule has 0 aromatic carbocycles. The molecule has 24 heavy (non-hydrogen) atoms. The van der Waals surface area contributed by atoms with Crippen molar-refractivity contribution in [2.75, 3.05) is 31.6 Å². The Hall–Kier alpha value is -2.01. The van der Waals surface area contributed by atoms with Crippen molar-refractivity contribution in [1.82, 2.24) is 19.9 Å². The van der Waals surface area contributed by atoms with Crippen molar-refractivity contribution in [2.24, 2.45) is 5.92 Å². The van der Waals surface area contributed by atoms with Crippen LogP contribution in [0, 0.1) is 5.92 Å². The van der Waals surface area contributed by atoms with E-state index >= 15 is 0 Å². The zero-order valence-electron chi connectivity index (χ0n) is 14.9. The number of anilines is 1. The summed E-state index contributed by atoms with van der Waals surface area (Å²) in [6.45, 7) is 8.49. The minimum Gasteiger partial charge on any atom is -0.356 e. The molecule has 1 atom stereocenters. The molecule has 1 aliphatic rings. The molecule has 1 fully saturated rings. The second-order valence-electron chi connectivity index (χ2n) is 7.09. The third-order valence-corrected chi connectivity index (χ3v) is 4.53. The molecule has 128 valence electrons. The first-order valence-corrected chi connectivity index (χ1v) is 8.77. The fourth-order valence-electron chi connectivity index (χ4n) is 3.32. The predicted octanol–water partition coefficient (Wildman–Crippen LogP) is 2.95. The highest BCUT2D eigenvalue weighted by atomic mass is 15.2. The van der Waals surface area contributed by atoms with Gasteiger partial charge in [0.2, 0.25) is 0 Å². The van der Waals surface area contributed by atoms with Crippen LogP contribution >= 0.6 is 0 Å². The molecule has 5 nitrogen and oxygen atoms in total. The van der Waals surface area contributed by atoms with Crippen LogP contribution in [0.15, 0.2) is 36.8 Å². The summed E-state index contributed by atoms with van der Waals surface area (Å²) in [6.07, 6.45) is 6.88. The summed E-state index contributed by atoms with van der Waals surface area (Å²) < 4.78 is 0. The molecule has 0 amide bonds. The standard InChI is InChI=1S/C19H27N5/c1-15(2)19-21-9-6-18(22-19)24-10-7-17(14-24)13-23(3)12-16-5-4-8-20-11-16/h4-6,8-9,11,15,17H,7,10,12-14H2,1-3H3/t17-/m0/s1. The van der Waals surface area contributed by atoms with E-state index in [1.165, 1.54) is 12.0 Å². The van der Waals surface area contributed by atoms with Crippen molar-refractivity contribution < 1.29 is 0 Å². The van der Waals surface area contributed by atoms with Gasteiger partial charge in [0, 0.05) is 50.7 Å². The van der Waals surface area contributed by atoms with Gasteiger partial charge < -0.3 is 9.80 Å². The van der Waals surface area contributed by atoms with Crippen LogP contribution in [0.2, 0.25) is 0 Å². The van der Waals surface area contributed by atoms with Crippen LogP contribution in [0.5, 0.6) is 0 Å². The van der Waals surface area contributed by atoms with Crippen LogP contribution in [0.3, 0.4) is 0 Å². The van der Waals surface area contributed by atoms with E-state index in [1.54, 1.807) is 0 Å². The van der Waals surface area contributed by atoms with Crippen LogP contribution in [0.25, 0.3) is 0 Å². The van der Waals surface area contributed by atoms with E-state index in [0.29, 0.717) is 11.8 Å². The van der Waals surface area contributed by atoms with Crippen molar-refractivity contribution in [3.8, 4) is 0 Å². The number of nitrogens with zero attached hydrogens (tertiary/aromatic N) is 5. The molecule has 0 spiro atoms. The Balaban J connectivity index is 1.54. The minimum absolute atomic E-state index is 0.369. The van der Waals surface area contributed by atoms with Crippen molar-refractivity contribution >= 4 is 5.82 Å². The highest BCUT2D eigenvalue weighted by Gasteiger charge is 2.25. The van der Waals surface area contributed by atoms with Crippen LogP contribution < -0.4 is 4.90 Å². The van der Waals surface area contributed by atoms with Crippen LogP contribution in [0.4, 0.5) is 5.82 Å². The van der Waals surface area contributed by atoms with Gasteiger partial charge in [0.15, 0.2) is 0 Å². The molecule has 0 aliphatic carbocycles. The summed E-state index contributed by atoms with van der Waals surface area (Å²) in [6, 6.07) is 6.17. The second-order valence-corrected chi connectivity index (χ2v) is 7.09. The Morgan fingerprint density at radius 3 is 2.92 bits per heavy atom. The number of aromatic nitrogens is 3. The first-order chi connectivity index (χ1) is 11.6. The Bertz CT molecular complexity index is 643. The number of hydrogen-bond donors (Lipinski definition) is 0. The zero-order chi connectivity index (χ0) is 16.9. The molecule has 1 saturated heterocycles. The van der Waals surface area contributed by atoms with Crippen molar-refractivity contribution in [3.05, 3.63) is 48.2 Å². The van der Waals surface area contributed by atoms with Gasteiger partial charge in [-0.25, -0.2) is 9.97 Å². The molecule has 0 saturated carbocycles. The van der Waals surface area contributed by atoms with Gasteiger partial charge in [0.1, 0.15) is 11.6 Å². The zero-order valence-corrected chi connectivity index (χ0v) is 14.9. The number of rotatable bonds is 6. The number of hydrogen-bond acceptors (Lipinski definition) is 5. The van der Waals surface area contributed by atoms with Gasteiger partial charge in [-0.1, -0.05) is 19.9 Å². The summed E-state index contributed by atoms with van der Waals surface area (Å²) >= 11 is 0. The van der Waals surface area contributed by atoms with Gasteiger partial charge in [-0.05, 0) is 37.1 Å². The minimum atomic E-state index is 0.369. The molecule has 0 radical (unpaired) electrons. The van der Waals surface area contributed by atoms with Crippen molar-refractivity contribution in [3.63, 3.8) is 0 Å². The third-order valence-electron chi connectivity index (χ3n) is 4.53. The lowest BCUT2D eigenvalue weighted by atomic mass is 10.1. The van der Waals surface area contributed by atoms with Crippen molar-refractivity contribution in [2.45, 2.75) is 32.7 Å². The van der Waals surface area contributed by atoms with Crippen LogP contribution in [-0.4, -0.2) is 46.5 Å². The largest absolute Gasteiger partial charge is 0.356 e. The molecule has 1 aliphatic heterocycles. The Kier molecular flexibility index (Phi) is 5.41. The van der Waals surface area contributed by atoms with Gasteiger partial charge in [-0.3, -0.25) is 4.98 Å². The average molecular weight is 325 g/mol. The molecular formula is C19H27N5. The number of pyridine rings is 1.